The van der Waals surface area contributed by atoms with Crippen molar-refractivity contribution in [2.75, 3.05) is 50.1 Å². The van der Waals surface area contributed by atoms with E-state index < -0.39 is 0 Å². The molecule has 7 nitrogen and oxygen atoms in total. The van der Waals surface area contributed by atoms with Gasteiger partial charge in [0.1, 0.15) is 0 Å². The van der Waals surface area contributed by atoms with Gasteiger partial charge in [0.25, 0.3) is 0 Å². The Kier molecular flexibility index (Phi) is 6.87. The van der Waals surface area contributed by atoms with Crippen LogP contribution in [0.25, 0.3) is 5.69 Å². The maximum Gasteiger partial charge on any atom is 0.238 e. The molecule has 1 amide bonds. The van der Waals surface area contributed by atoms with E-state index in [1.807, 2.05) is 72.1 Å². The lowest BCUT2D eigenvalue weighted by molar-refractivity contribution is -0.117. The van der Waals surface area contributed by atoms with Gasteiger partial charge in [0.15, 0.2) is 0 Å². The van der Waals surface area contributed by atoms with Gasteiger partial charge in [-0.3, -0.25) is 9.69 Å². The predicted molar refractivity (Wildman–Crippen MR) is 127 cm³/mol. The monoisotopic (exact) mass is 433 g/mol. The second-order valence-corrected chi connectivity index (χ2v) is 8.23. The molecule has 7 heteroatoms. The van der Waals surface area contributed by atoms with Crippen molar-refractivity contribution in [3.8, 4) is 5.69 Å². The minimum absolute atomic E-state index is 0.0287. The van der Waals surface area contributed by atoms with E-state index in [-0.39, 0.29) is 5.91 Å². The molecule has 1 saturated heterocycles. The van der Waals surface area contributed by atoms with Crippen LogP contribution >= 0.6 is 0 Å². The molecule has 1 aliphatic heterocycles. The van der Waals surface area contributed by atoms with Crippen molar-refractivity contribution >= 4 is 17.3 Å². The Morgan fingerprint density at radius 2 is 1.75 bits per heavy atom. The van der Waals surface area contributed by atoms with Crippen LogP contribution in [0, 0.1) is 13.8 Å². The van der Waals surface area contributed by atoms with Gasteiger partial charge < -0.3 is 15.0 Å². The first kappa shape index (κ1) is 22.0. The summed E-state index contributed by atoms with van der Waals surface area (Å²) in [6, 6.07) is 18.1. The second kappa shape index (κ2) is 9.97. The molecular formula is C25H31N5O2. The quantitative estimate of drug-likeness (QED) is 0.619. The Balaban J connectivity index is 1.41. The molecule has 2 aromatic carbocycles. The molecular weight excluding hydrogens is 402 g/mol. The van der Waals surface area contributed by atoms with E-state index in [0.717, 1.165) is 47.1 Å². The molecule has 168 valence electrons. The van der Waals surface area contributed by atoms with E-state index in [1.165, 1.54) is 0 Å². The average Bonchev–Trinajstić information content (AvgIpc) is 3.09. The molecule has 0 aliphatic carbocycles. The number of hydrogen-bond acceptors (Lipinski definition) is 5. The van der Waals surface area contributed by atoms with E-state index in [2.05, 4.69) is 23.2 Å². The molecule has 0 atom stereocenters. The van der Waals surface area contributed by atoms with E-state index in [1.54, 1.807) is 0 Å². The van der Waals surface area contributed by atoms with Crippen LogP contribution in [0.15, 0.2) is 54.6 Å². The zero-order chi connectivity index (χ0) is 22.5. The smallest absolute Gasteiger partial charge is 0.238 e. The summed E-state index contributed by atoms with van der Waals surface area (Å²) < 4.78 is 7.43. The summed E-state index contributed by atoms with van der Waals surface area (Å²) in [6.45, 7) is 8.13. The molecule has 0 spiro atoms. The lowest BCUT2D eigenvalue weighted by atomic mass is 10.2. The molecule has 1 N–H and O–H groups in total. The molecule has 4 rings (SSSR count). The first-order valence-electron chi connectivity index (χ1n) is 11.0. The number of benzene rings is 2. The molecule has 32 heavy (non-hydrogen) atoms. The van der Waals surface area contributed by atoms with E-state index >= 15 is 0 Å². The minimum atomic E-state index is -0.0287. The minimum Gasteiger partial charge on any atom is -0.378 e. The van der Waals surface area contributed by atoms with Crippen molar-refractivity contribution < 1.29 is 9.53 Å². The third-order valence-corrected chi connectivity index (χ3v) is 5.81. The van der Waals surface area contributed by atoms with Crippen molar-refractivity contribution in [3.05, 3.63) is 71.5 Å². The van der Waals surface area contributed by atoms with Crippen molar-refractivity contribution in [1.29, 1.82) is 0 Å². The van der Waals surface area contributed by atoms with E-state index in [4.69, 9.17) is 9.84 Å². The fourth-order valence-electron chi connectivity index (χ4n) is 4.14. The van der Waals surface area contributed by atoms with Gasteiger partial charge >= 0.3 is 0 Å². The van der Waals surface area contributed by atoms with Crippen LogP contribution in [0.4, 0.5) is 11.4 Å². The molecule has 1 fully saturated rings. The number of hydrogen-bond donors (Lipinski definition) is 1. The molecule has 0 saturated carbocycles. The number of ether oxygens (including phenoxy) is 1. The fourth-order valence-corrected chi connectivity index (χ4v) is 4.14. The second-order valence-electron chi connectivity index (χ2n) is 8.23. The summed E-state index contributed by atoms with van der Waals surface area (Å²) in [4.78, 5) is 17.1. The van der Waals surface area contributed by atoms with Crippen LogP contribution in [-0.2, 0) is 16.1 Å². The fraction of sp³-hybridized carbons (Fsp3) is 0.360. The van der Waals surface area contributed by atoms with E-state index in [0.29, 0.717) is 26.3 Å². The Morgan fingerprint density at radius 3 is 2.50 bits per heavy atom. The van der Waals surface area contributed by atoms with Gasteiger partial charge in [-0.25, -0.2) is 4.68 Å². The summed E-state index contributed by atoms with van der Waals surface area (Å²) in [5, 5.41) is 7.82. The summed E-state index contributed by atoms with van der Waals surface area (Å²) in [7, 11) is 1.96. The third-order valence-electron chi connectivity index (χ3n) is 5.81. The van der Waals surface area contributed by atoms with Gasteiger partial charge in [-0.1, -0.05) is 30.3 Å². The Hall–Kier alpha value is -3.16. The van der Waals surface area contributed by atoms with Crippen molar-refractivity contribution in [1.82, 2.24) is 14.7 Å². The molecule has 0 radical (unpaired) electrons. The Labute approximate surface area is 189 Å². The highest BCUT2D eigenvalue weighted by Crippen LogP contribution is 2.26. The summed E-state index contributed by atoms with van der Waals surface area (Å²) >= 11 is 0. The number of likely N-dealkylation sites (N-methyl/N-ethyl adjacent to an activating group) is 1. The highest BCUT2D eigenvalue weighted by molar-refractivity contribution is 5.95. The molecule has 0 unspecified atom stereocenters. The standard InChI is InChI=1S/C25H31N5O2/c1-19-22(20(2)30(27-19)21-9-5-4-6-10-21)17-28(3)18-25(31)26-23-11-7-8-12-24(23)29-13-15-32-16-14-29/h4-12H,13-18H2,1-3H3,(H,26,31). The van der Waals surface area contributed by atoms with Crippen LogP contribution in [0.2, 0.25) is 0 Å². The predicted octanol–water partition coefficient (Wildman–Crippen LogP) is 3.40. The summed E-state index contributed by atoms with van der Waals surface area (Å²) in [5.41, 5.74) is 6.16. The number of amides is 1. The van der Waals surface area contributed by atoms with Gasteiger partial charge in [-0.05, 0) is 45.2 Å². The van der Waals surface area contributed by atoms with Crippen LogP contribution in [0.3, 0.4) is 0 Å². The first-order valence-corrected chi connectivity index (χ1v) is 11.0. The van der Waals surface area contributed by atoms with Crippen LogP contribution in [0.5, 0.6) is 0 Å². The topological polar surface area (TPSA) is 62.6 Å². The maximum atomic E-state index is 12.8. The normalized spacial score (nSPS) is 14.1. The number of nitrogens with one attached hydrogen (secondary N) is 1. The molecule has 0 bridgehead atoms. The lowest BCUT2D eigenvalue weighted by Crippen LogP contribution is -2.37. The average molecular weight is 434 g/mol. The Morgan fingerprint density at radius 1 is 1.06 bits per heavy atom. The number of anilines is 2. The number of aryl methyl sites for hydroxylation is 1. The SMILES string of the molecule is Cc1nn(-c2ccccc2)c(C)c1CN(C)CC(=O)Nc1ccccc1N1CCOCC1. The van der Waals surface area contributed by atoms with Gasteiger partial charge in [-0.15, -0.1) is 0 Å². The van der Waals surface area contributed by atoms with Gasteiger partial charge in [0.05, 0.1) is 42.5 Å². The third kappa shape index (κ3) is 5.00. The summed E-state index contributed by atoms with van der Waals surface area (Å²) in [5.74, 6) is -0.0287. The van der Waals surface area contributed by atoms with Crippen molar-refractivity contribution in [3.63, 3.8) is 0 Å². The Bertz CT molecular complexity index is 1060. The number of aromatic nitrogens is 2. The highest BCUT2D eigenvalue weighted by Gasteiger charge is 2.18. The van der Waals surface area contributed by atoms with Crippen LogP contribution in [-0.4, -0.2) is 60.5 Å². The zero-order valence-electron chi connectivity index (χ0n) is 19.0. The highest BCUT2D eigenvalue weighted by atomic mass is 16.5. The number of morpholine rings is 1. The van der Waals surface area contributed by atoms with Gasteiger partial charge in [0.2, 0.25) is 5.91 Å². The molecule has 1 aliphatic rings. The maximum absolute atomic E-state index is 12.8. The summed E-state index contributed by atoms with van der Waals surface area (Å²) in [6.07, 6.45) is 0. The molecule has 1 aromatic heterocycles. The van der Waals surface area contributed by atoms with Gasteiger partial charge in [-0.2, -0.15) is 5.10 Å². The molecule has 2 heterocycles. The van der Waals surface area contributed by atoms with Gasteiger partial charge in [0, 0.05) is 30.9 Å². The van der Waals surface area contributed by atoms with E-state index in [9.17, 15) is 4.79 Å². The number of nitrogens with zero attached hydrogens (tertiary/aromatic N) is 4. The first-order chi connectivity index (χ1) is 15.5. The largest absolute Gasteiger partial charge is 0.378 e. The van der Waals surface area contributed by atoms with Crippen molar-refractivity contribution in [2.45, 2.75) is 20.4 Å². The molecule has 3 aromatic rings. The number of rotatable bonds is 7. The van der Waals surface area contributed by atoms with Crippen LogP contribution in [0.1, 0.15) is 17.0 Å². The number of para-hydroxylation sites is 3. The zero-order valence-corrected chi connectivity index (χ0v) is 19.0. The number of carbonyl (C=O) groups is 1. The van der Waals surface area contributed by atoms with Crippen LogP contribution < -0.4 is 10.2 Å². The number of carbonyl (C=O) groups excluding carboxylic acids is 1. The van der Waals surface area contributed by atoms with Crippen molar-refractivity contribution in [2.24, 2.45) is 0 Å². The lowest BCUT2D eigenvalue weighted by Gasteiger charge is -2.30.